The molecule has 18 heavy (non-hydrogen) atoms. The molecule has 0 amide bonds. The van der Waals surface area contributed by atoms with Gasteiger partial charge in [-0.1, -0.05) is 12.3 Å². The Hall–Kier alpha value is -0.520. The van der Waals surface area contributed by atoms with Crippen LogP contribution in [0.25, 0.3) is 0 Å². The molecule has 0 spiro atoms. The third kappa shape index (κ3) is 2.73. The summed E-state index contributed by atoms with van der Waals surface area (Å²) in [6, 6.07) is 0.748. The number of hydrogen-bond acceptors (Lipinski definition) is 2. The summed E-state index contributed by atoms with van der Waals surface area (Å²) in [5.41, 5.74) is 0. The Labute approximate surface area is 112 Å². The van der Waals surface area contributed by atoms with Gasteiger partial charge in [0, 0.05) is 19.1 Å². The van der Waals surface area contributed by atoms with Crippen LogP contribution in [0.5, 0.6) is 0 Å². The molecule has 2 aliphatic carbocycles. The van der Waals surface area contributed by atoms with Crippen LogP contribution in [0.3, 0.4) is 0 Å². The predicted molar refractivity (Wildman–Crippen MR) is 75.2 cm³/mol. The van der Waals surface area contributed by atoms with Gasteiger partial charge < -0.3 is 5.32 Å². The normalized spacial score (nSPS) is 36.9. The number of nitrogens with one attached hydrogen (secondary N) is 1. The van der Waals surface area contributed by atoms with Gasteiger partial charge in [-0.15, -0.1) is 6.42 Å². The number of fused-ring (bicyclic) bond motifs is 2. The Bertz CT molecular complexity index is 312. The summed E-state index contributed by atoms with van der Waals surface area (Å²) >= 11 is 0. The molecule has 0 radical (unpaired) electrons. The number of hydrogen-bond donors (Lipinski definition) is 1. The zero-order valence-electron chi connectivity index (χ0n) is 11.4. The van der Waals surface area contributed by atoms with Crippen LogP contribution >= 0.6 is 0 Å². The lowest BCUT2D eigenvalue weighted by Gasteiger charge is -2.32. The lowest BCUT2D eigenvalue weighted by Crippen LogP contribution is -2.44. The van der Waals surface area contributed by atoms with Gasteiger partial charge in [-0.25, -0.2) is 0 Å². The molecule has 3 unspecified atom stereocenters. The average molecular weight is 246 g/mol. The molecule has 2 saturated carbocycles. The SMILES string of the molecule is C#CCN1CCC(NCC2CC3CCC2C3)CC1. The van der Waals surface area contributed by atoms with Crippen molar-refractivity contribution in [1.29, 1.82) is 0 Å². The quantitative estimate of drug-likeness (QED) is 0.764. The van der Waals surface area contributed by atoms with Crippen molar-refractivity contribution < 1.29 is 0 Å². The number of rotatable bonds is 4. The number of nitrogens with zero attached hydrogens (tertiary/aromatic N) is 1. The van der Waals surface area contributed by atoms with Crippen molar-refractivity contribution in [2.75, 3.05) is 26.2 Å². The molecule has 3 fully saturated rings. The van der Waals surface area contributed by atoms with Crippen molar-refractivity contribution >= 4 is 0 Å². The summed E-state index contributed by atoms with van der Waals surface area (Å²) in [6.07, 6.45) is 14.0. The van der Waals surface area contributed by atoms with E-state index >= 15 is 0 Å². The van der Waals surface area contributed by atoms with Crippen LogP contribution in [0.4, 0.5) is 0 Å². The molecule has 1 aliphatic heterocycles. The second-order valence-corrected chi connectivity index (χ2v) is 6.60. The maximum absolute atomic E-state index is 5.36. The molecular formula is C16H26N2. The molecule has 2 nitrogen and oxygen atoms in total. The summed E-state index contributed by atoms with van der Waals surface area (Å²) in [5, 5.41) is 3.83. The molecule has 2 heteroatoms. The Kier molecular flexibility index (Phi) is 3.91. The minimum absolute atomic E-state index is 0.748. The predicted octanol–water partition coefficient (Wildman–Crippen LogP) is 2.11. The molecule has 100 valence electrons. The number of likely N-dealkylation sites (tertiary alicyclic amines) is 1. The van der Waals surface area contributed by atoms with Crippen molar-refractivity contribution in [2.24, 2.45) is 17.8 Å². The largest absolute Gasteiger partial charge is 0.314 e. The molecule has 3 rings (SSSR count). The van der Waals surface area contributed by atoms with E-state index < -0.39 is 0 Å². The van der Waals surface area contributed by atoms with Crippen molar-refractivity contribution in [3.8, 4) is 12.3 Å². The lowest BCUT2D eigenvalue weighted by molar-refractivity contribution is 0.207. The fourth-order valence-corrected chi connectivity index (χ4v) is 4.37. The monoisotopic (exact) mass is 246 g/mol. The topological polar surface area (TPSA) is 15.3 Å². The summed E-state index contributed by atoms with van der Waals surface area (Å²) in [4.78, 5) is 2.40. The molecule has 1 heterocycles. The van der Waals surface area contributed by atoms with Gasteiger partial charge in [-0.05, 0) is 56.4 Å². The van der Waals surface area contributed by atoms with Crippen molar-refractivity contribution in [1.82, 2.24) is 10.2 Å². The van der Waals surface area contributed by atoms with Crippen LogP contribution in [0.15, 0.2) is 0 Å². The van der Waals surface area contributed by atoms with Crippen LogP contribution in [-0.2, 0) is 0 Å². The first-order chi connectivity index (χ1) is 8.85. The van der Waals surface area contributed by atoms with Crippen LogP contribution < -0.4 is 5.32 Å². The summed E-state index contributed by atoms with van der Waals surface area (Å²) < 4.78 is 0. The number of piperidine rings is 1. The van der Waals surface area contributed by atoms with Crippen LogP contribution in [0.2, 0.25) is 0 Å². The maximum Gasteiger partial charge on any atom is 0.0598 e. The van der Waals surface area contributed by atoms with Crippen LogP contribution in [0.1, 0.15) is 38.5 Å². The van der Waals surface area contributed by atoms with E-state index in [1.807, 2.05) is 0 Å². The summed E-state index contributed by atoms with van der Waals surface area (Å²) in [7, 11) is 0. The Morgan fingerprint density at radius 3 is 2.56 bits per heavy atom. The first kappa shape index (κ1) is 12.5. The van der Waals surface area contributed by atoms with E-state index in [0.29, 0.717) is 0 Å². The van der Waals surface area contributed by atoms with Crippen LogP contribution in [-0.4, -0.2) is 37.1 Å². The van der Waals surface area contributed by atoms with Crippen molar-refractivity contribution in [2.45, 2.75) is 44.6 Å². The van der Waals surface area contributed by atoms with Gasteiger partial charge in [-0.2, -0.15) is 0 Å². The van der Waals surface area contributed by atoms with E-state index in [1.165, 1.54) is 58.2 Å². The van der Waals surface area contributed by atoms with Gasteiger partial charge in [0.15, 0.2) is 0 Å². The second-order valence-electron chi connectivity index (χ2n) is 6.60. The second kappa shape index (κ2) is 5.63. The smallest absolute Gasteiger partial charge is 0.0598 e. The maximum atomic E-state index is 5.36. The minimum Gasteiger partial charge on any atom is -0.314 e. The highest BCUT2D eigenvalue weighted by Gasteiger charge is 2.39. The fourth-order valence-electron chi connectivity index (χ4n) is 4.37. The van der Waals surface area contributed by atoms with E-state index in [2.05, 4.69) is 16.1 Å². The third-order valence-corrected chi connectivity index (χ3v) is 5.46. The highest BCUT2D eigenvalue weighted by atomic mass is 15.1. The third-order valence-electron chi connectivity index (χ3n) is 5.46. The molecule has 0 aromatic carbocycles. The Morgan fingerprint density at radius 1 is 1.11 bits per heavy atom. The van der Waals surface area contributed by atoms with Gasteiger partial charge in [0.05, 0.1) is 6.54 Å². The van der Waals surface area contributed by atoms with Gasteiger partial charge in [0.1, 0.15) is 0 Å². The van der Waals surface area contributed by atoms with Crippen LogP contribution in [0, 0.1) is 30.1 Å². The highest BCUT2D eigenvalue weighted by molar-refractivity contribution is 4.93. The molecule has 2 bridgehead atoms. The van der Waals surface area contributed by atoms with Crippen molar-refractivity contribution in [3.63, 3.8) is 0 Å². The summed E-state index contributed by atoms with van der Waals surface area (Å²) in [5.74, 6) is 5.89. The Morgan fingerprint density at radius 2 is 1.94 bits per heavy atom. The van der Waals surface area contributed by atoms with E-state index in [-0.39, 0.29) is 0 Å². The molecule has 3 aliphatic rings. The van der Waals surface area contributed by atoms with Gasteiger partial charge in [-0.3, -0.25) is 4.90 Å². The van der Waals surface area contributed by atoms with Crippen molar-refractivity contribution in [3.05, 3.63) is 0 Å². The first-order valence-corrected chi connectivity index (χ1v) is 7.74. The number of terminal acetylenes is 1. The van der Waals surface area contributed by atoms with E-state index in [9.17, 15) is 0 Å². The first-order valence-electron chi connectivity index (χ1n) is 7.74. The van der Waals surface area contributed by atoms with E-state index in [0.717, 1.165) is 30.3 Å². The Balaban J connectivity index is 1.36. The molecular weight excluding hydrogens is 220 g/mol. The fraction of sp³-hybridized carbons (Fsp3) is 0.875. The summed E-state index contributed by atoms with van der Waals surface area (Å²) in [6.45, 7) is 4.47. The van der Waals surface area contributed by atoms with Gasteiger partial charge >= 0.3 is 0 Å². The van der Waals surface area contributed by atoms with Gasteiger partial charge in [0.25, 0.3) is 0 Å². The minimum atomic E-state index is 0.748. The zero-order valence-corrected chi connectivity index (χ0v) is 11.4. The van der Waals surface area contributed by atoms with E-state index in [1.54, 1.807) is 0 Å². The average Bonchev–Trinajstić information content (AvgIpc) is 3.00. The molecule has 0 aromatic rings. The molecule has 3 atom stereocenters. The lowest BCUT2D eigenvalue weighted by atomic mass is 9.88. The zero-order chi connectivity index (χ0) is 12.4. The molecule has 1 N–H and O–H groups in total. The highest BCUT2D eigenvalue weighted by Crippen LogP contribution is 2.47. The van der Waals surface area contributed by atoms with Gasteiger partial charge in [0.2, 0.25) is 0 Å². The van der Waals surface area contributed by atoms with E-state index in [4.69, 9.17) is 6.42 Å². The molecule has 0 aromatic heterocycles. The molecule has 1 saturated heterocycles. The standard InChI is InChI=1S/C16H26N2/c1-2-7-18-8-5-16(6-9-18)17-12-15-11-13-3-4-14(15)10-13/h1,13-17H,3-12H2.